The lowest BCUT2D eigenvalue weighted by Crippen LogP contribution is -2.07. The molecule has 154 valence electrons. The summed E-state index contributed by atoms with van der Waals surface area (Å²) in [5.41, 5.74) is 6.41. The molecular weight excluding hydrogens is 394 g/mol. The molecule has 9 heteroatoms. The number of nitro groups is 1. The van der Waals surface area contributed by atoms with Crippen LogP contribution in [0.1, 0.15) is 22.5 Å². The summed E-state index contributed by atoms with van der Waals surface area (Å²) in [6.07, 6.45) is 0.610. The zero-order valence-corrected chi connectivity index (χ0v) is 17.3. The summed E-state index contributed by atoms with van der Waals surface area (Å²) in [5, 5.41) is 25.3. The first-order valence-corrected chi connectivity index (χ1v) is 9.80. The fraction of sp³-hybridized carbons (Fsp3) is 0.182. The van der Waals surface area contributed by atoms with E-state index >= 15 is 0 Å². The van der Waals surface area contributed by atoms with Crippen molar-refractivity contribution < 1.29 is 4.92 Å². The summed E-state index contributed by atoms with van der Waals surface area (Å²) in [6, 6.07) is 14.6. The van der Waals surface area contributed by atoms with E-state index in [-0.39, 0.29) is 5.69 Å². The fourth-order valence-electron chi connectivity index (χ4n) is 3.95. The maximum absolute atomic E-state index is 10.9. The maximum Gasteiger partial charge on any atom is 0.272 e. The Morgan fingerprint density at radius 3 is 2.52 bits per heavy atom. The monoisotopic (exact) mass is 413 g/mol. The van der Waals surface area contributed by atoms with Crippen LogP contribution in [0, 0.1) is 24.0 Å². The second kappa shape index (κ2) is 6.98. The maximum atomic E-state index is 10.9. The third-order valence-electron chi connectivity index (χ3n) is 5.65. The zero-order valence-electron chi connectivity index (χ0n) is 17.3. The van der Waals surface area contributed by atoms with Gasteiger partial charge in [-0.2, -0.15) is 10.1 Å². The second-order valence-electron chi connectivity index (χ2n) is 7.52. The summed E-state index contributed by atoms with van der Waals surface area (Å²) >= 11 is 0. The van der Waals surface area contributed by atoms with Crippen LogP contribution >= 0.6 is 0 Å². The van der Waals surface area contributed by atoms with Crippen LogP contribution in [0.15, 0.2) is 48.5 Å². The molecule has 0 atom stereocenters. The van der Waals surface area contributed by atoms with Gasteiger partial charge in [0.1, 0.15) is 5.52 Å². The van der Waals surface area contributed by atoms with E-state index in [0.717, 1.165) is 44.6 Å². The fourth-order valence-corrected chi connectivity index (χ4v) is 3.95. The molecule has 0 amide bonds. The van der Waals surface area contributed by atoms with Gasteiger partial charge in [0.25, 0.3) is 11.6 Å². The van der Waals surface area contributed by atoms with E-state index in [1.165, 1.54) is 12.1 Å². The summed E-state index contributed by atoms with van der Waals surface area (Å²) in [7, 11) is 1.96. The van der Waals surface area contributed by atoms with Crippen molar-refractivity contribution in [3.63, 3.8) is 0 Å². The average molecular weight is 413 g/mol. The van der Waals surface area contributed by atoms with Gasteiger partial charge in [0.15, 0.2) is 5.65 Å². The highest BCUT2D eigenvalue weighted by molar-refractivity contribution is 6.03. The second-order valence-corrected chi connectivity index (χ2v) is 7.52. The number of nitro benzene ring substituents is 1. The van der Waals surface area contributed by atoms with Gasteiger partial charge in [0.05, 0.1) is 16.1 Å². The van der Waals surface area contributed by atoms with Crippen LogP contribution in [0.3, 0.4) is 0 Å². The first kappa shape index (κ1) is 18.9. The first-order chi connectivity index (χ1) is 14.9. The number of nitrogens with zero attached hydrogens (tertiary/aromatic N) is 7. The highest BCUT2D eigenvalue weighted by Gasteiger charge is 2.18. The van der Waals surface area contributed by atoms with Crippen LogP contribution in [0.2, 0.25) is 0 Å². The number of rotatable bonds is 4. The lowest BCUT2D eigenvalue weighted by atomic mass is 10.0. The molecule has 0 aliphatic rings. The van der Waals surface area contributed by atoms with Gasteiger partial charge in [-0.25, -0.2) is 4.68 Å². The number of aryl methyl sites for hydroxylation is 2. The van der Waals surface area contributed by atoms with E-state index in [1.54, 1.807) is 16.8 Å². The lowest BCUT2D eigenvalue weighted by Gasteiger charge is -2.05. The van der Waals surface area contributed by atoms with Crippen LogP contribution in [-0.2, 0) is 13.5 Å². The Hall–Kier alpha value is -4.14. The van der Waals surface area contributed by atoms with Gasteiger partial charge in [-0.05, 0) is 25.5 Å². The van der Waals surface area contributed by atoms with Crippen molar-refractivity contribution in [1.29, 1.82) is 0 Å². The minimum Gasteiger partial charge on any atom is -0.327 e. The number of para-hydroxylation sites is 1. The van der Waals surface area contributed by atoms with Gasteiger partial charge >= 0.3 is 0 Å². The number of aromatic nitrogens is 6. The van der Waals surface area contributed by atoms with Crippen molar-refractivity contribution in [2.45, 2.75) is 20.3 Å². The number of non-ortho nitro benzene ring substituents is 1. The summed E-state index contributed by atoms with van der Waals surface area (Å²) in [5.74, 6) is 0.411. The van der Waals surface area contributed by atoms with E-state index < -0.39 is 4.92 Å². The molecule has 9 nitrogen and oxygen atoms in total. The lowest BCUT2D eigenvalue weighted by molar-refractivity contribution is -0.384. The molecule has 0 fully saturated rings. The van der Waals surface area contributed by atoms with Crippen LogP contribution in [-0.4, -0.2) is 34.5 Å². The molecule has 0 radical (unpaired) electrons. The number of hydrogen-bond donors (Lipinski definition) is 0. The quantitative estimate of drug-likeness (QED) is 0.328. The Bertz CT molecular complexity index is 1470. The van der Waals surface area contributed by atoms with Crippen LogP contribution in [0.5, 0.6) is 0 Å². The molecule has 3 heterocycles. The van der Waals surface area contributed by atoms with E-state index in [9.17, 15) is 10.1 Å². The minimum absolute atomic E-state index is 0.0793. The van der Waals surface area contributed by atoms with Crippen molar-refractivity contribution in [1.82, 2.24) is 29.5 Å². The Morgan fingerprint density at radius 2 is 1.77 bits per heavy atom. The molecule has 0 N–H and O–H groups in total. The minimum atomic E-state index is -0.397. The molecule has 0 bridgehead atoms. The smallest absolute Gasteiger partial charge is 0.272 e. The normalized spacial score (nSPS) is 11.5. The van der Waals surface area contributed by atoms with Gasteiger partial charge < -0.3 is 4.57 Å². The molecule has 0 saturated carbocycles. The molecule has 0 aliphatic carbocycles. The van der Waals surface area contributed by atoms with Crippen molar-refractivity contribution >= 4 is 27.8 Å². The van der Waals surface area contributed by atoms with E-state index in [1.807, 2.05) is 49.7 Å². The van der Waals surface area contributed by atoms with Crippen LogP contribution in [0.25, 0.3) is 28.0 Å². The molecule has 5 aromatic rings. The van der Waals surface area contributed by atoms with Gasteiger partial charge in [0, 0.05) is 42.2 Å². The van der Waals surface area contributed by atoms with Gasteiger partial charge in [-0.15, -0.1) is 10.2 Å². The highest BCUT2D eigenvalue weighted by atomic mass is 16.6. The van der Waals surface area contributed by atoms with Gasteiger partial charge in [0.2, 0.25) is 0 Å². The van der Waals surface area contributed by atoms with E-state index in [4.69, 9.17) is 4.98 Å². The Kier molecular flexibility index (Phi) is 4.25. The molecule has 3 aromatic heterocycles. The number of hydrogen-bond acceptors (Lipinski definition) is 6. The third kappa shape index (κ3) is 3.02. The van der Waals surface area contributed by atoms with Crippen molar-refractivity contribution in [2.24, 2.45) is 7.05 Å². The van der Waals surface area contributed by atoms with Gasteiger partial charge in [-0.1, -0.05) is 30.3 Å². The molecule has 0 saturated heterocycles. The van der Waals surface area contributed by atoms with E-state index in [0.29, 0.717) is 12.4 Å². The van der Waals surface area contributed by atoms with Crippen molar-refractivity contribution in [3.8, 4) is 5.95 Å². The topological polar surface area (TPSA) is 105 Å². The van der Waals surface area contributed by atoms with Crippen molar-refractivity contribution in [3.05, 3.63) is 81.2 Å². The van der Waals surface area contributed by atoms with Crippen LogP contribution in [0.4, 0.5) is 5.69 Å². The Morgan fingerprint density at radius 1 is 1.03 bits per heavy atom. The van der Waals surface area contributed by atoms with Crippen LogP contribution < -0.4 is 0 Å². The van der Waals surface area contributed by atoms with Gasteiger partial charge in [-0.3, -0.25) is 10.1 Å². The van der Waals surface area contributed by atoms with E-state index in [2.05, 4.69) is 15.3 Å². The molecule has 31 heavy (non-hydrogen) atoms. The molecule has 2 aromatic carbocycles. The SMILES string of the molecule is Cc1nn(-c2nnc3c4ccccc4n(C)c3n2)c(C)c1Cc1ccc([N+](=O)[O-])cc1. The molecule has 0 aliphatic heterocycles. The summed E-state index contributed by atoms with van der Waals surface area (Å²) in [4.78, 5) is 15.2. The Balaban J connectivity index is 1.55. The largest absolute Gasteiger partial charge is 0.327 e. The van der Waals surface area contributed by atoms with Crippen molar-refractivity contribution in [2.75, 3.05) is 0 Å². The third-order valence-corrected chi connectivity index (χ3v) is 5.65. The molecule has 5 rings (SSSR count). The Labute approximate surface area is 177 Å². The highest BCUT2D eigenvalue weighted by Crippen LogP contribution is 2.26. The zero-order chi connectivity index (χ0) is 21.7. The predicted octanol–water partition coefficient (Wildman–Crippen LogP) is 3.82. The predicted molar refractivity (Wildman–Crippen MR) is 116 cm³/mol. The molecule has 0 unspecified atom stereocenters. The first-order valence-electron chi connectivity index (χ1n) is 9.80. The average Bonchev–Trinajstić information content (AvgIpc) is 3.22. The summed E-state index contributed by atoms with van der Waals surface area (Å²) in [6.45, 7) is 3.91. The standard InChI is InChI=1S/C22H19N7O2/c1-13-18(12-15-8-10-16(11-9-15)29(30)31)14(2)28(26-13)22-23-21-20(24-25-22)17-6-4-5-7-19(17)27(21)3/h4-11H,12H2,1-3H3. The summed E-state index contributed by atoms with van der Waals surface area (Å²) < 4.78 is 3.71. The number of benzene rings is 2. The molecular formula is C22H19N7O2. The molecule has 0 spiro atoms. The number of fused-ring (bicyclic) bond motifs is 3.